The van der Waals surface area contributed by atoms with E-state index in [0.717, 1.165) is 5.56 Å². The van der Waals surface area contributed by atoms with Crippen LogP contribution in [0.15, 0.2) is 36.4 Å². The van der Waals surface area contributed by atoms with Gasteiger partial charge in [-0.3, -0.25) is 4.79 Å². The maximum atomic E-state index is 11.0. The van der Waals surface area contributed by atoms with Crippen LogP contribution in [0.1, 0.15) is 5.56 Å². The fourth-order valence-electron chi connectivity index (χ4n) is 1.56. The molecular formula is C12H11Cl3O2Ti. The van der Waals surface area contributed by atoms with Crippen LogP contribution in [0.2, 0.25) is 0 Å². The molecule has 0 aliphatic heterocycles. The van der Waals surface area contributed by atoms with E-state index in [0.29, 0.717) is 6.42 Å². The molecule has 0 radical (unpaired) electrons. The number of hydrogen-bond acceptors (Lipinski definition) is 2. The van der Waals surface area contributed by atoms with Crippen LogP contribution in [-0.2, 0) is 37.7 Å². The molecule has 0 aromatic heterocycles. The zero-order valence-corrected chi connectivity index (χ0v) is 13.5. The zero-order chi connectivity index (χ0) is 9.97. The monoisotopic (exact) mass is 340 g/mol. The Hall–Kier alpha value is -0.116. The summed E-state index contributed by atoms with van der Waals surface area (Å²) in [5, 5.41) is 2.35. The summed E-state index contributed by atoms with van der Waals surface area (Å²) in [4.78, 5) is 11.0. The molecule has 0 aliphatic rings. The molecule has 0 atom stereocenters. The summed E-state index contributed by atoms with van der Waals surface area (Å²) in [5.41, 5.74) is 1.01. The van der Waals surface area contributed by atoms with Gasteiger partial charge in [-0.25, -0.2) is 0 Å². The first-order chi connectivity index (χ1) is 6.79. The maximum absolute atomic E-state index is 11.0. The zero-order valence-electron chi connectivity index (χ0n) is 9.62. The van der Waals surface area contributed by atoms with E-state index in [-0.39, 0.29) is 64.9 Å². The minimum absolute atomic E-state index is 0. The Labute approximate surface area is 140 Å². The summed E-state index contributed by atoms with van der Waals surface area (Å²) in [7, 11) is 1.41. The van der Waals surface area contributed by atoms with Gasteiger partial charge in [-0.2, -0.15) is 6.07 Å². The Bertz CT molecular complexity index is 438. The molecule has 2 aromatic rings. The number of methoxy groups -OCH3 is 1. The van der Waals surface area contributed by atoms with Crippen LogP contribution in [0.4, 0.5) is 0 Å². The molecule has 0 amide bonds. The van der Waals surface area contributed by atoms with Crippen molar-refractivity contribution in [3.8, 4) is 0 Å². The van der Waals surface area contributed by atoms with Crippen molar-refractivity contribution >= 4 is 16.7 Å². The third-order valence-corrected chi connectivity index (χ3v) is 2.25. The van der Waals surface area contributed by atoms with Crippen LogP contribution >= 0.6 is 0 Å². The fraction of sp³-hybridized carbons (Fsp3) is 0.167. The number of esters is 1. The molecule has 2 aromatic carbocycles. The number of halogens is 3. The molecule has 0 saturated carbocycles. The average Bonchev–Trinajstić information content (AvgIpc) is 2.59. The predicted octanol–water partition coefficient (Wildman–Crippen LogP) is -6.72. The van der Waals surface area contributed by atoms with Crippen molar-refractivity contribution in [3.05, 3.63) is 42.0 Å². The number of carbonyl (C=O) groups is 1. The van der Waals surface area contributed by atoms with E-state index in [1.807, 2.05) is 36.4 Å². The third-order valence-electron chi connectivity index (χ3n) is 2.25. The summed E-state index contributed by atoms with van der Waals surface area (Å²) >= 11 is 0. The molecule has 0 saturated heterocycles. The minimum atomic E-state index is -0.194. The van der Waals surface area contributed by atoms with Crippen molar-refractivity contribution < 1.29 is 68.5 Å². The van der Waals surface area contributed by atoms with Gasteiger partial charge in [-0.1, -0.05) is 6.07 Å². The van der Waals surface area contributed by atoms with Gasteiger partial charge in [0.2, 0.25) is 0 Å². The summed E-state index contributed by atoms with van der Waals surface area (Å²) < 4.78 is 4.61. The molecule has 0 aliphatic carbocycles. The van der Waals surface area contributed by atoms with Crippen LogP contribution in [-0.4, -0.2) is 13.1 Å². The topological polar surface area (TPSA) is 26.3 Å². The van der Waals surface area contributed by atoms with Crippen molar-refractivity contribution in [2.45, 2.75) is 6.42 Å². The average molecular weight is 341 g/mol. The van der Waals surface area contributed by atoms with Crippen molar-refractivity contribution in [1.29, 1.82) is 0 Å². The molecule has 0 fully saturated rings. The number of hydrogen-bond donors (Lipinski definition) is 0. The number of benzene rings is 1. The van der Waals surface area contributed by atoms with Gasteiger partial charge in [0.25, 0.3) is 0 Å². The first-order valence-electron chi connectivity index (χ1n) is 4.51. The van der Waals surface area contributed by atoms with Crippen molar-refractivity contribution in [1.82, 2.24) is 0 Å². The second kappa shape index (κ2) is 10.8. The molecule has 96 valence electrons. The first-order valence-corrected chi connectivity index (χ1v) is 4.51. The van der Waals surface area contributed by atoms with E-state index < -0.39 is 0 Å². The third kappa shape index (κ3) is 5.68. The molecule has 6 heteroatoms. The van der Waals surface area contributed by atoms with E-state index in [2.05, 4.69) is 4.74 Å². The molecule has 0 spiro atoms. The Kier molecular flexibility index (Phi) is 13.8. The van der Waals surface area contributed by atoms with Gasteiger partial charge in [0.05, 0.1) is 13.5 Å². The van der Waals surface area contributed by atoms with Gasteiger partial charge in [0, 0.05) is 0 Å². The van der Waals surface area contributed by atoms with Crippen molar-refractivity contribution in [2.24, 2.45) is 0 Å². The Morgan fingerprint density at radius 2 is 1.83 bits per heavy atom. The summed E-state index contributed by atoms with van der Waals surface area (Å²) in [5.74, 6) is -0.194. The molecule has 2 nitrogen and oxygen atoms in total. The number of rotatable bonds is 2. The summed E-state index contributed by atoms with van der Waals surface area (Å²) in [6.07, 6.45) is 0.352. The second-order valence-electron chi connectivity index (χ2n) is 3.25. The molecule has 2 rings (SSSR count). The molecule has 0 heterocycles. The van der Waals surface area contributed by atoms with Gasteiger partial charge >= 0.3 is 27.7 Å². The maximum Gasteiger partial charge on any atom is 4.00 e. The smallest absolute Gasteiger partial charge is 1.00 e. The minimum Gasteiger partial charge on any atom is -1.00 e. The predicted molar refractivity (Wildman–Crippen MR) is 55.3 cm³/mol. The number of fused-ring (bicyclic) bond motifs is 1. The number of carbonyl (C=O) groups excluding carboxylic acids is 1. The van der Waals surface area contributed by atoms with Gasteiger partial charge in [-0.15, -0.1) is 40.6 Å². The van der Waals surface area contributed by atoms with Crippen LogP contribution in [0.5, 0.6) is 0 Å². The Morgan fingerprint density at radius 3 is 2.39 bits per heavy atom. The molecule has 0 unspecified atom stereocenters. The van der Waals surface area contributed by atoms with Crippen LogP contribution in [0, 0.1) is 0 Å². The van der Waals surface area contributed by atoms with Crippen LogP contribution in [0.25, 0.3) is 10.8 Å². The fourth-order valence-corrected chi connectivity index (χ4v) is 1.56. The van der Waals surface area contributed by atoms with Gasteiger partial charge in [0.15, 0.2) is 0 Å². The standard InChI is InChI=1S/C12H11O2.3ClH.Ti/c1-14-12(13)8-9-6-10-4-2-3-5-11(10)7-9;;;;/h2-7H,8H2,1H3;3*1H;/q-1;;;;+4/p-3. The quantitative estimate of drug-likeness (QED) is 0.308. The molecule has 0 N–H and O–H groups in total. The van der Waals surface area contributed by atoms with Gasteiger partial charge in [-0.05, 0) is 0 Å². The summed E-state index contributed by atoms with van der Waals surface area (Å²) in [6, 6.07) is 12.1. The molecular weight excluding hydrogens is 330 g/mol. The second-order valence-corrected chi connectivity index (χ2v) is 3.25. The van der Waals surface area contributed by atoms with E-state index in [1.165, 1.54) is 17.9 Å². The normalized spacial score (nSPS) is 8.06. The largest absolute Gasteiger partial charge is 4.00 e. The number of ether oxygens (including phenoxy) is 1. The van der Waals surface area contributed by atoms with E-state index in [4.69, 9.17) is 0 Å². The van der Waals surface area contributed by atoms with Crippen LogP contribution < -0.4 is 37.2 Å². The van der Waals surface area contributed by atoms with E-state index in [9.17, 15) is 4.79 Å². The first kappa shape index (κ1) is 23.0. The Morgan fingerprint density at radius 1 is 1.22 bits per heavy atom. The summed E-state index contributed by atoms with van der Waals surface area (Å²) in [6.45, 7) is 0. The Balaban J connectivity index is -0.000000562. The SMILES string of the molecule is COC(=O)Cc1cc2ccccc2[cH-]1.[Cl-].[Cl-].[Cl-].[Ti+4]. The van der Waals surface area contributed by atoms with Crippen molar-refractivity contribution in [2.75, 3.05) is 7.11 Å². The van der Waals surface area contributed by atoms with Gasteiger partial charge in [0.1, 0.15) is 0 Å². The van der Waals surface area contributed by atoms with E-state index in [1.54, 1.807) is 0 Å². The van der Waals surface area contributed by atoms with Crippen LogP contribution in [0.3, 0.4) is 0 Å². The molecule has 0 bridgehead atoms. The van der Waals surface area contributed by atoms with Crippen molar-refractivity contribution in [3.63, 3.8) is 0 Å². The van der Waals surface area contributed by atoms with E-state index >= 15 is 0 Å². The molecule has 18 heavy (non-hydrogen) atoms. The van der Waals surface area contributed by atoms with Gasteiger partial charge < -0.3 is 42.0 Å².